The standard InChI is InChI=1S/C8H13F3N4/c1-3-15(4-2)5-6-12-7(14-13-6)8(9,10)11/h3-5H2,1-2H3,(H,12,13,14). The number of rotatable bonds is 4. The van der Waals surface area contributed by atoms with Gasteiger partial charge < -0.3 is 0 Å². The maximum atomic E-state index is 12.1. The molecule has 0 amide bonds. The summed E-state index contributed by atoms with van der Waals surface area (Å²) in [4.78, 5) is 5.33. The first-order chi connectivity index (χ1) is 6.97. The smallest absolute Gasteiger partial charge is 0.297 e. The second-order valence-electron chi connectivity index (χ2n) is 3.06. The Morgan fingerprint density at radius 3 is 2.27 bits per heavy atom. The average molecular weight is 222 g/mol. The molecule has 0 aliphatic heterocycles. The molecular weight excluding hydrogens is 209 g/mol. The highest BCUT2D eigenvalue weighted by molar-refractivity contribution is 4.94. The van der Waals surface area contributed by atoms with E-state index >= 15 is 0 Å². The van der Waals surface area contributed by atoms with Gasteiger partial charge >= 0.3 is 6.18 Å². The van der Waals surface area contributed by atoms with Gasteiger partial charge in [0, 0.05) is 0 Å². The second-order valence-corrected chi connectivity index (χ2v) is 3.06. The molecule has 0 saturated carbocycles. The largest absolute Gasteiger partial charge is 0.453 e. The lowest BCUT2D eigenvalue weighted by Gasteiger charge is -2.15. The number of nitrogens with one attached hydrogen (secondary N) is 1. The van der Waals surface area contributed by atoms with E-state index in [9.17, 15) is 13.2 Å². The van der Waals surface area contributed by atoms with Crippen LogP contribution in [0.15, 0.2) is 0 Å². The molecule has 1 N–H and O–H groups in total. The first-order valence-corrected chi connectivity index (χ1v) is 4.68. The number of aromatic nitrogens is 3. The number of nitrogens with zero attached hydrogens (tertiary/aromatic N) is 3. The zero-order valence-corrected chi connectivity index (χ0v) is 8.60. The molecule has 0 radical (unpaired) electrons. The fourth-order valence-electron chi connectivity index (χ4n) is 1.15. The molecule has 4 nitrogen and oxygen atoms in total. The zero-order valence-electron chi connectivity index (χ0n) is 8.60. The van der Waals surface area contributed by atoms with Crippen LogP contribution in [0.2, 0.25) is 0 Å². The molecule has 1 rings (SSSR count). The summed E-state index contributed by atoms with van der Waals surface area (Å²) in [6.07, 6.45) is -4.47. The van der Waals surface area contributed by atoms with Crippen LogP contribution >= 0.6 is 0 Å². The highest BCUT2D eigenvalue weighted by Crippen LogP contribution is 2.25. The van der Waals surface area contributed by atoms with Crippen LogP contribution < -0.4 is 0 Å². The molecule has 0 saturated heterocycles. The van der Waals surface area contributed by atoms with Gasteiger partial charge in [0.2, 0.25) is 0 Å². The predicted molar refractivity (Wildman–Crippen MR) is 48.0 cm³/mol. The summed E-state index contributed by atoms with van der Waals surface area (Å²) in [5.41, 5.74) is 0. The summed E-state index contributed by atoms with van der Waals surface area (Å²) in [5, 5.41) is 5.41. The van der Waals surface area contributed by atoms with Gasteiger partial charge in [-0.1, -0.05) is 13.8 Å². The van der Waals surface area contributed by atoms with Crippen molar-refractivity contribution in [2.75, 3.05) is 13.1 Å². The topological polar surface area (TPSA) is 44.8 Å². The van der Waals surface area contributed by atoms with Crippen molar-refractivity contribution in [2.24, 2.45) is 0 Å². The molecule has 0 aliphatic carbocycles. The van der Waals surface area contributed by atoms with Gasteiger partial charge in [0.15, 0.2) is 0 Å². The fraction of sp³-hybridized carbons (Fsp3) is 0.750. The minimum Gasteiger partial charge on any atom is -0.297 e. The van der Waals surface area contributed by atoms with Crippen molar-refractivity contribution in [3.8, 4) is 0 Å². The summed E-state index contributed by atoms with van der Waals surface area (Å²) >= 11 is 0. The Kier molecular flexibility index (Phi) is 3.67. The number of alkyl halides is 3. The van der Waals surface area contributed by atoms with E-state index in [0.29, 0.717) is 6.54 Å². The fourth-order valence-corrected chi connectivity index (χ4v) is 1.15. The van der Waals surface area contributed by atoms with E-state index in [1.165, 1.54) is 0 Å². The molecule has 1 heterocycles. The molecule has 0 bridgehead atoms. The van der Waals surface area contributed by atoms with E-state index in [4.69, 9.17) is 0 Å². The maximum absolute atomic E-state index is 12.1. The van der Waals surface area contributed by atoms with Gasteiger partial charge in [-0.3, -0.25) is 10.00 Å². The summed E-state index contributed by atoms with van der Waals surface area (Å²) in [5.74, 6) is -0.865. The van der Waals surface area contributed by atoms with Gasteiger partial charge in [-0.25, -0.2) is 4.98 Å². The highest BCUT2D eigenvalue weighted by Gasteiger charge is 2.36. The van der Waals surface area contributed by atoms with E-state index < -0.39 is 12.0 Å². The van der Waals surface area contributed by atoms with Crippen molar-refractivity contribution in [1.29, 1.82) is 0 Å². The van der Waals surface area contributed by atoms with Crippen molar-refractivity contribution in [3.63, 3.8) is 0 Å². The van der Waals surface area contributed by atoms with Crippen LogP contribution in [-0.2, 0) is 12.7 Å². The average Bonchev–Trinajstić information content (AvgIpc) is 2.61. The molecule has 0 fully saturated rings. The molecule has 1 aromatic rings. The molecular formula is C8H13F3N4. The second kappa shape index (κ2) is 4.61. The Morgan fingerprint density at radius 2 is 1.87 bits per heavy atom. The number of H-pyrrole nitrogens is 1. The van der Waals surface area contributed by atoms with Crippen molar-refractivity contribution in [1.82, 2.24) is 20.1 Å². The summed E-state index contributed by atoms with van der Waals surface area (Å²) in [6, 6.07) is 0. The lowest BCUT2D eigenvalue weighted by molar-refractivity contribution is -0.144. The van der Waals surface area contributed by atoms with Crippen LogP contribution in [0.4, 0.5) is 13.2 Å². The molecule has 1 aromatic heterocycles. The summed E-state index contributed by atoms with van der Waals surface area (Å²) in [6.45, 7) is 5.75. The Labute approximate surface area is 85.5 Å². The van der Waals surface area contributed by atoms with Crippen LogP contribution in [0.3, 0.4) is 0 Å². The van der Waals surface area contributed by atoms with Crippen LogP contribution in [0, 0.1) is 0 Å². The van der Waals surface area contributed by atoms with Crippen LogP contribution in [0.1, 0.15) is 25.5 Å². The third-order valence-electron chi connectivity index (χ3n) is 2.05. The van der Waals surface area contributed by atoms with Gasteiger partial charge in [-0.05, 0) is 13.1 Å². The number of hydrogen-bond donors (Lipinski definition) is 1. The first-order valence-electron chi connectivity index (χ1n) is 4.68. The van der Waals surface area contributed by atoms with Crippen molar-refractivity contribution >= 4 is 0 Å². The lowest BCUT2D eigenvalue weighted by Crippen LogP contribution is -2.22. The lowest BCUT2D eigenvalue weighted by atomic mass is 10.4. The highest BCUT2D eigenvalue weighted by atomic mass is 19.4. The van der Waals surface area contributed by atoms with Crippen molar-refractivity contribution < 1.29 is 13.2 Å². The minimum absolute atomic E-state index is 0.242. The Morgan fingerprint density at radius 1 is 1.27 bits per heavy atom. The molecule has 0 spiro atoms. The first kappa shape index (κ1) is 12.0. The Hall–Kier alpha value is -1.11. The van der Waals surface area contributed by atoms with E-state index in [2.05, 4.69) is 15.2 Å². The van der Waals surface area contributed by atoms with Gasteiger partial charge in [0.1, 0.15) is 5.82 Å². The van der Waals surface area contributed by atoms with E-state index in [0.717, 1.165) is 13.1 Å². The van der Waals surface area contributed by atoms with E-state index in [1.54, 1.807) is 0 Å². The molecule has 0 unspecified atom stereocenters. The molecule has 0 atom stereocenters. The molecule has 0 aromatic carbocycles. The van der Waals surface area contributed by atoms with Gasteiger partial charge in [-0.15, -0.1) is 5.10 Å². The zero-order chi connectivity index (χ0) is 11.5. The Balaban J connectivity index is 2.68. The third kappa shape index (κ3) is 3.19. The quantitative estimate of drug-likeness (QED) is 0.842. The maximum Gasteiger partial charge on any atom is 0.453 e. The number of hydrogen-bond acceptors (Lipinski definition) is 3. The molecule has 15 heavy (non-hydrogen) atoms. The van der Waals surface area contributed by atoms with Crippen LogP contribution in [0.5, 0.6) is 0 Å². The van der Waals surface area contributed by atoms with Gasteiger partial charge in [0.25, 0.3) is 5.82 Å². The Bertz CT molecular complexity index is 303. The van der Waals surface area contributed by atoms with Crippen LogP contribution in [0.25, 0.3) is 0 Å². The number of halogens is 3. The van der Waals surface area contributed by atoms with Crippen LogP contribution in [-0.4, -0.2) is 33.2 Å². The summed E-state index contributed by atoms with van der Waals surface area (Å²) < 4.78 is 36.4. The molecule has 7 heteroatoms. The van der Waals surface area contributed by atoms with Gasteiger partial charge in [0.05, 0.1) is 6.54 Å². The summed E-state index contributed by atoms with van der Waals surface area (Å²) in [7, 11) is 0. The minimum atomic E-state index is -4.47. The van der Waals surface area contributed by atoms with Gasteiger partial charge in [-0.2, -0.15) is 13.2 Å². The molecule has 86 valence electrons. The number of aromatic amines is 1. The SMILES string of the molecule is CCN(CC)Cc1nc(C(F)(F)F)n[nH]1. The third-order valence-corrected chi connectivity index (χ3v) is 2.05. The van der Waals surface area contributed by atoms with E-state index in [1.807, 2.05) is 18.7 Å². The van der Waals surface area contributed by atoms with Crippen molar-refractivity contribution in [2.45, 2.75) is 26.6 Å². The predicted octanol–water partition coefficient (Wildman–Crippen LogP) is 1.67. The molecule has 0 aliphatic rings. The van der Waals surface area contributed by atoms with Crippen molar-refractivity contribution in [3.05, 3.63) is 11.6 Å². The normalized spacial score (nSPS) is 12.4. The van der Waals surface area contributed by atoms with E-state index in [-0.39, 0.29) is 5.82 Å². The monoisotopic (exact) mass is 222 g/mol.